The number of aromatic nitrogens is 3. The highest BCUT2D eigenvalue weighted by Gasteiger charge is 2.50. The molecule has 7 nitrogen and oxygen atoms in total. The van der Waals surface area contributed by atoms with E-state index >= 15 is 0 Å². The molecule has 4 heterocycles. The molecule has 2 aromatic carbocycles. The Morgan fingerprint density at radius 1 is 0.949 bits per heavy atom. The zero-order valence-corrected chi connectivity index (χ0v) is 21.5. The van der Waals surface area contributed by atoms with Gasteiger partial charge in [-0.05, 0) is 73.9 Å². The molecule has 9 heteroatoms. The van der Waals surface area contributed by atoms with E-state index in [1.54, 1.807) is 65.3 Å². The predicted molar refractivity (Wildman–Crippen MR) is 143 cm³/mol. The maximum Gasteiger partial charge on any atom is 0.274 e. The Balaban J connectivity index is 1.28. The molecule has 0 unspecified atom stereocenters. The van der Waals surface area contributed by atoms with Gasteiger partial charge in [0, 0.05) is 43.5 Å². The van der Waals surface area contributed by atoms with E-state index in [0.29, 0.717) is 61.4 Å². The Kier molecular flexibility index (Phi) is 6.21. The first kappa shape index (κ1) is 24.9. The van der Waals surface area contributed by atoms with Crippen LogP contribution < -0.4 is 4.90 Å². The fraction of sp³-hybridized carbons (Fsp3) is 0.267. The molecule has 1 spiro atoms. The third kappa shape index (κ3) is 4.37. The van der Waals surface area contributed by atoms with Crippen molar-refractivity contribution in [2.45, 2.75) is 31.7 Å². The normalized spacial score (nSPS) is 16.7. The highest BCUT2D eigenvalue weighted by molar-refractivity contribution is 5.97. The number of nitrogens with zero attached hydrogens (tertiary/aromatic N) is 5. The number of piperidine rings is 1. The highest BCUT2D eigenvalue weighted by atomic mass is 19.1. The van der Waals surface area contributed by atoms with Crippen molar-refractivity contribution in [2.75, 3.05) is 24.5 Å². The molecule has 2 aromatic heterocycles. The summed E-state index contributed by atoms with van der Waals surface area (Å²) in [7, 11) is 0. The summed E-state index contributed by atoms with van der Waals surface area (Å²) in [5.74, 6) is -0.756. The van der Waals surface area contributed by atoms with Crippen molar-refractivity contribution in [2.24, 2.45) is 0 Å². The maximum absolute atomic E-state index is 14.4. The van der Waals surface area contributed by atoms with Gasteiger partial charge in [-0.1, -0.05) is 12.1 Å². The number of hydrogen-bond donors (Lipinski definition) is 0. The van der Waals surface area contributed by atoms with Crippen molar-refractivity contribution in [3.8, 4) is 16.9 Å². The SMILES string of the molecule is Cc1ccc(-c2cc(C(=O)N3CCC4(CC3)C(=O)CCN4c3ccc(F)cc3)nn2-c2cccnc2)cc1F. The third-order valence-corrected chi connectivity index (χ3v) is 7.90. The number of aryl methyl sites for hydroxylation is 1. The van der Waals surface area contributed by atoms with E-state index in [1.165, 1.54) is 18.2 Å². The van der Waals surface area contributed by atoms with Crippen molar-refractivity contribution in [1.82, 2.24) is 19.7 Å². The van der Waals surface area contributed by atoms with Crippen LogP contribution in [0.4, 0.5) is 14.5 Å². The van der Waals surface area contributed by atoms with Crippen molar-refractivity contribution >= 4 is 17.4 Å². The van der Waals surface area contributed by atoms with Crippen molar-refractivity contribution in [3.05, 3.63) is 95.9 Å². The summed E-state index contributed by atoms with van der Waals surface area (Å²) in [5.41, 5.74) is 2.70. The molecule has 2 aliphatic rings. The smallest absolute Gasteiger partial charge is 0.274 e. The molecular formula is C30H27F2N5O2. The van der Waals surface area contributed by atoms with E-state index < -0.39 is 5.54 Å². The first-order valence-corrected chi connectivity index (χ1v) is 13.0. The number of rotatable bonds is 4. The van der Waals surface area contributed by atoms with Gasteiger partial charge in [0.25, 0.3) is 5.91 Å². The number of likely N-dealkylation sites (tertiary alicyclic amines) is 1. The van der Waals surface area contributed by atoms with Gasteiger partial charge in [0.15, 0.2) is 11.5 Å². The molecule has 2 aliphatic heterocycles. The lowest BCUT2D eigenvalue weighted by Gasteiger charge is -2.44. The highest BCUT2D eigenvalue weighted by Crippen LogP contribution is 2.39. The van der Waals surface area contributed by atoms with Crippen molar-refractivity contribution in [3.63, 3.8) is 0 Å². The summed E-state index contributed by atoms with van der Waals surface area (Å²) in [6.07, 6.45) is 4.67. The number of anilines is 1. The number of halogens is 2. The number of pyridine rings is 1. The van der Waals surface area contributed by atoms with E-state index in [9.17, 15) is 18.4 Å². The van der Waals surface area contributed by atoms with Crippen molar-refractivity contribution < 1.29 is 18.4 Å². The van der Waals surface area contributed by atoms with Gasteiger partial charge in [-0.3, -0.25) is 14.6 Å². The monoisotopic (exact) mass is 527 g/mol. The lowest BCUT2D eigenvalue weighted by Crippen LogP contribution is -2.56. The van der Waals surface area contributed by atoms with Gasteiger partial charge < -0.3 is 9.80 Å². The van der Waals surface area contributed by atoms with Crippen LogP contribution in [0, 0.1) is 18.6 Å². The topological polar surface area (TPSA) is 71.3 Å². The zero-order chi connectivity index (χ0) is 27.1. The molecule has 39 heavy (non-hydrogen) atoms. The van der Waals surface area contributed by atoms with Gasteiger partial charge in [-0.2, -0.15) is 5.10 Å². The number of Topliss-reactive ketones (excluding diaryl/α,β-unsaturated/α-hetero) is 1. The Bertz CT molecular complexity index is 1540. The fourth-order valence-corrected chi connectivity index (χ4v) is 5.72. The van der Waals surface area contributed by atoms with Crippen LogP contribution >= 0.6 is 0 Å². The number of amides is 1. The van der Waals surface area contributed by atoms with Gasteiger partial charge in [-0.15, -0.1) is 0 Å². The average molecular weight is 528 g/mol. The van der Waals surface area contributed by atoms with E-state index in [2.05, 4.69) is 15.0 Å². The minimum atomic E-state index is -0.700. The second-order valence-electron chi connectivity index (χ2n) is 10.1. The predicted octanol–water partition coefficient (Wildman–Crippen LogP) is 4.98. The number of carbonyl (C=O) groups is 2. The van der Waals surface area contributed by atoms with Crippen LogP contribution in [0.2, 0.25) is 0 Å². The molecule has 2 fully saturated rings. The molecule has 0 bridgehead atoms. The van der Waals surface area contributed by atoms with Gasteiger partial charge >= 0.3 is 0 Å². The maximum atomic E-state index is 14.4. The molecule has 0 saturated carbocycles. The summed E-state index contributed by atoms with van der Waals surface area (Å²) in [4.78, 5) is 34.7. The summed E-state index contributed by atoms with van der Waals surface area (Å²) in [5, 5.41) is 4.61. The molecule has 0 radical (unpaired) electrons. The number of ketones is 1. The first-order valence-electron chi connectivity index (χ1n) is 13.0. The summed E-state index contributed by atoms with van der Waals surface area (Å²) >= 11 is 0. The second-order valence-corrected chi connectivity index (χ2v) is 10.1. The molecule has 198 valence electrons. The molecule has 1 amide bonds. The second kappa shape index (κ2) is 9.72. The minimum absolute atomic E-state index is 0.156. The largest absolute Gasteiger partial charge is 0.358 e. The fourth-order valence-electron chi connectivity index (χ4n) is 5.72. The molecule has 0 N–H and O–H groups in total. The van der Waals surface area contributed by atoms with E-state index in [0.717, 1.165) is 5.69 Å². The summed E-state index contributed by atoms with van der Waals surface area (Å²) < 4.78 is 29.6. The van der Waals surface area contributed by atoms with Crippen LogP contribution in [0.1, 0.15) is 35.3 Å². The standard InChI is InChI=1S/C30H27F2N5O2/c1-20-4-5-21(17-25(20)32)27-18-26(34-37(27)24-3-2-13-33-19-24)29(39)35-15-11-30(12-16-35)28(38)10-14-36(30)23-8-6-22(31)7-9-23/h2-9,13,17-19H,10-12,14-16H2,1H3. The molecule has 0 atom stereocenters. The number of hydrogen-bond acceptors (Lipinski definition) is 5. The Morgan fingerprint density at radius 3 is 2.41 bits per heavy atom. The summed E-state index contributed by atoms with van der Waals surface area (Å²) in [6.45, 7) is 3.04. The van der Waals surface area contributed by atoms with Crippen LogP contribution in [-0.2, 0) is 4.79 Å². The van der Waals surface area contributed by atoms with E-state index in [1.807, 2.05) is 6.07 Å². The van der Waals surface area contributed by atoms with Gasteiger partial charge in [0.1, 0.15) is 17.2 Å². The quantitative estimate of drug-likeness (QED) is 0.375. The van der Waals surface area contributed by atoms with Gasteiger partial charge in [0.05, 0.1) is 17.6 Å². The molecule has 4 aromatic rings. The van der Waals surface area contributed by atoms with Crippen LogP contribution in [0.25, 0.3) is 16.9 Å². The van der Waals surface area contributed by atoms with Crippen LogP contribution in [0.15, 0.2) is 73.1 Å². The molecule has 2 saturated heterocycles. The van der Waals surface area contributed by atoms with Gasteiger partial charge in [-0.25, -0.2) is 13.5 Å². The molecule has 0 aliphatic carbocycles. The Labute approximate surface area is 224 Å². The third-order valence-electron chi connectivity index (χ3n) is 7.90. The van der Waals surface area contributed by atoms with Crippen LogP contribution in [0.5, 0.6) is 0 Å². The number of benzene rings is 2. The molecule has 6 rings (SSSR count). The van der Waals surface area contributed by atoms with Crippen LogP contribution in [-0.4, -0.2) is 56.5 Å². The van der Waals surface area contributed by atoms with Gasteiger partial charge in [0.2, 0.25) is 0 Å². The van der Waals surface area contributed by atoms with Crippen LogP contribution in [0.3, 0.4) is 0 Å². The van der Waals surface area contributed by atoms with Crippen molar-refractivity contribution in [1.29, 1.82) is 0 Å². The lowest BCUT2D eigenvalue weighted by atomic mass is 9.83. The zero-order valence-electron chi connectivity index (χ0n) is 21.5. The lowest BCUT2D eigenvalue weighted by molar-refractivity contribution is -0.123. The minimum Gasteiger partial charge on any atom is -0.358 e. The summed E-state index contributed by atoms with van der Waals surface area (Å²) in [6, 6.07) is 16.4. The van der Waals surface area contributed by atoms with E-state index in [-0.39, 0.29) is 29.0 Å². The average Bonchev–Trinajstić information content (AvgIpc) is 3.54. The molecular weight excluding hydrogens is 500 g/mol. The first-order chi connectivity index (χ1) is 18.9. The Hall–Kier alpha value is -4.40. The Morgan fingerprint density at radius 2 is 1.72 bits per heavy atom. The van der Waals surface area contributed by atoms with E-state index in [4.69, 9.17) is 0 Å². The number of carbonyl (C=O) groups excluding carboxylic acids is 2.